The third kappa shape index (κ3) is 2.21. The lowest BCUT2D eigenvalue weighted by Gasteiger charge is -2.15. The van der Waals surface area contributed by atoms with Crippen LogP contribution < -0.4 is 9.47 Å². The van der Waals surface area contributed by atoms with Crippen LogP contribution in [-0.4, -0.2) is 6.61 Å². The molecule has 0 amide bonds. The van der Waals surface area contributed by atoms with E-state index in [4.69, 9.17) is 9.47 Å². The Kier molecular flexibility index (Phi) is 2.77. The highest BCUT2D eigenvalue weighted by Crippen LogP contribution is 2.30. The van der Waals surface area contributed by atoms with Crippen LogP contribution in [0.2, 0.25) is 0 Å². The Morgan fingerprint density at radius 3 is 3.00 bits per heavy atom. The van der Waals surface area contributed by atoms with Gasteiger partial charge in [-0.05, 0) is 30.7 Å². The van der Waals surface area contributed by atoms with E-state index in [1.165, 1.54) is 0 Å². The molecule has 0 saturated carbocycles. The highest BCUT2D eigenvalue weighted by Gasteiger charge is 2.08. The summed E-state index contributed by atoms with van der Waals surface area (Å²) >= 11 is 0. The summed E-state index contributed by atoms with van der Waals surface area (Å²) in [6, 6.07) is 5.85. The lowest BCUT2D eigenvalue weighted by atomic mass is 10.1. The van der Waals surface area contributed by atoms with Gasteiger partial charge in [-0.15, -0.1) is 0 Å². The molecule has 0 radical (unpaired) electrons. The molecule has 0 bridgehead atoms. The average molecular weight is 202 g/mol. The first-order valence-corrected chi connectivity index (χ1v) is 5.11. The third-order valence-corrected chi connectivity index (χ3v) is 2.15. The molecule has 2 heteroatoms. The maximum absolute atomic E-state index is 5.52. The van der Waals surface area contributed by atoms with Gasteiger partial charge in [0.1, 0.15) is 17.3 Å². The lowest BCUT2D eigenvalue weighted by molar-refractivity contribution is 0.315. The minimum absolute atomic E-state index is 0.662. The molecule has 15 heavy (non-hydrogen) atoms. The molecule has 2 nitrogen and oxygen atoms in total. The van der Waals surface area contributed by atoms with Gasteiger partial charge in [0, 0.05) is 11.6 Å². The van der Waals surface area contributed by atoms with E-state index in [9.17, 15) is 0 Å². The summed E-state index contributed by atoms with van der Waals surface area (Å²) in [5.41, 5.74) is 1.06. The summed E-state index contributed by atoms with van der Waals surface area (Å²) in [5, 5.41) is 0. The smallest absolute Gasteiger partial charge is 0.138 e. The van der Waals surface area contributed by atoms with Crippen molar-refractivity contribution < 1.29 is 9.47 Å². The molecule has 2 rings (SSSR count). The lowest BCUT2D eigenvalue weighted by Crippen LogP contribution is -1.99. The molecular weight excluding hydrogens is 188 g/mol. The monoisotopic (exact) mass is 202 g/mol. The molecular formula is C13H14O2. The number of benzene rings is 1. The van der Waals surface area contributed by atoms with Gasteiger partial charge in [-0.2, -0.15) is 0 Å². The standard InChI is InChI=1S/C13H14O2/c1-3-8-14-12-7-6-11-5-4-10(2)15-13(11)9-12/h4-7,9H,2-3,8H2,1H3. The van der Waals surface area contributed by atoms with E-state index >= 15 is 0 Å². The minimum Gasteiger partial charge on any atom is -0.493 e. The summed E-state index contributed by atoms with van der Waals surface area (Å²) in [7, 11) is 0. The summed E-state index contributed by atoms with van der Waals surface area (Å²) in [6.07, 6.45) is 4.85. The van der Waals surface area contributed by atoms with Crippen molar-refractivity contribution >= 4 is 6.08 Å². The van der Waals surface area contributed by atoms with Gasteiger partial charge in [0.2, 0.25) is 0 Å². The molecule has 1 aliphatic heterocycles. The zero-order chi connectivity index (χ0) is 10.7. The Hall–Kier alpha value is -1.70. The van der Waals surface area contributed by atoms with Crippen molar-refractivity contribution in [3.63, 3.8) is 0 Å². The molecule has 1 aromatic carbocycles. The summed E-state index contributed by atoms with van der Waals surface area (Å²) in [6.45, 7) is 6.57. The molecule has 78 valence electrons. The first-order chi connectivity index (χ1) is 7.29. The first kappa shape index (κ1) is 9.84. The van der Waals surface area contributed by atoms with Crippen molar-refractivity contribution in [2.24, 2.45) is 0 Å². The molecule has 1 aromatic rings. The Morgan fingerprint density at radius 1 is 1.33 bits per heavy atom. The number of hydrogen-bond acceptors (Lipinski definition) is 2. The highest BCUT2D eigenvalue weighted by atomic mass is 16.5. The van der Waals surface area contributed by atoms with Crippen LogP contribution in [0.3, 0.4) is 0 Å². The Morgan fingerprint density at radius 2 is 2.20 bits per heavy atom. The van der Waals surface area contributed by atoms with Gasteiger partial charge in [-0.25, -0.2) is 0 Å². The predicted octanol–water partition coefficient (Wildman–Crippen LogP) is 3.39. The van der Waals surface area contributed by atoms with Gasteiger partial charge in [-0.3, -0.25) is 0 Å². The third-order valence-electron chi connectivity index (χ3n) is 2.15. The summed E-state index contributed by atoms with van der Waals surface area (Å²) in [4.78, 5) is 0. The fraction of sp³-hybridized carbons (Fsp3) is 0.231. The second-order valence-electron chi connectivity index (χ2n) is 3.45. The first-order valence-electron chi connectivity index (χ1n) is 5.11. The van der Waals surface area contributed by atoms with Crippen LogP contribution in [0.25, 0.3) is 6.08 Å². The molecule has 1 heterocycles. The largest absolute Gasteiger partial charge is 0.493 e. The molecule has 0 aromatic heterocycles. The van der Waals surface area contributed by atoms with Gasteiger partial charge in [0.15, 0.2) is 0 Å². The van der Waals surface area contributed by atoms with Crippen LogP contribution in [0.4, 0.5) is 0 Å². The van der Waals surface area contributed by atoms with Crippen molar-refractivity contribution in [2.45, 2.75) is 13.3 Å². The van der Waals surface area contributed by atoms with Crippen LogP contribution in [0.1, 0.15) is 18.9 Å². The van der Waals surface area contributed by atoms with Crippen molar-refractivity contribution in [3.8, 4) is 11.5 Å². The molecule has 0 atom stereocenters. The number of hydrogen-bond donors (Lipinski definition) is 0. The fourth-order valence-corrected chi connectivity index (χ4v) is 1.41. The highest BCUT2D eigenvalue weighted by molar-refractivity contribution is 5.63. The fourth-order valence-electron chi connectivity index (χ4n) is 1.41. The van der Waals surface area contributed by atoms with Crippen LogP contribution >= 0.6 is 0 Å². The van der Waals surface area contributed by atoms with Gasteiger partial charge < -0.3 is 9.47 Å². The number of rotatable bonds is 3. The molecule has 0 unspecified atom stereocenters. The van der Waals surface area contributed by atoms with Crippen LogP contribution in [0, 0.1) is 0 Å². The van der Waals surface area contributed by atoms with Crippen molar-refractivity contribution in [3.05, 3.63) is 42.2 Å². The number of fused-ring (bicyclic) bond motifs is 1. The van der Waals surface area contributed by atoms with Crippen LogP contribution in [0.5, 0.6) is 11.5 Å². The van der Waals surface area contributed by atoms with E-state index in [2.05, 4.69) is 13.5 Å². The van der Waals surface area contributed by atoms with E-state index in [-0.39, 0.29) is 0 Å². The molecule has 0 fully saturated rings. The Labute approximate surface area is 89.8 Å². The van der Waals surface area contributed by atoms with E-state index in [1.807, 2.05) is 30.4 Å². The van der Waals surface area contributed by atoms with Gasteiger partial charge in [0.05, 0.1) is 6.61 Å². The number of allylic oxidation sites excluding steroid dienone is 1. The summed E-state index contributed by atoms with van der Waals surface area (Å²) < 4.78 is 11.0. The van der Waals surface area contributed by atoms with Crippen molar-refractivity contribution in [1.29, 1.82) is 0 Å². The number of ether oxygens (including phenoxy) is 2. The van der Waals surface area contributed by atoms with E-state index in [0.29, 0.717) is 5.76 Å². The zero-order valence-corrected chi connectivity index (χ0v) is 8.82. The molecule has 1 aliphatic rings. The van der Waals surface area contributed by atoms with Crippen LogP contribution in [0.15, 0.2) is 36.6 Å². The summed E-state index contributed by atoms with van der Waals surface area (Å²) in [5.74, 6) is 2.32. The van der Waals surface area contributed by atoms with Crippen molar-refractivity contribution in [2.75, 3.05) is 6.61 Å². The minimum atomic E-state index is 0.662. The van der Waals surface area contributed by atoms with E-state index in [0.717, 1.165) is 30.1 Å². The second-order valence-corrected chi connectivity index (χ2v) is 3.45. The maximum Gasteiger partial charge on any atom is 0.138 e. The van der Waals surface area contributed by atoms with E-state index in [1.54, 1.807) is 0 Å². The molecule has 0 N–H and O–H groups in total. The van der Waals surface area contributed by atoms with Gasteiger partial charge in [-0.1, -0.05) is 13.5 Å². The normalized spacial score (nSPS) is 13.3. The molecule has 0 saturated heterocycles. The SMILES string of the molecule is C=C1C=Cc2ccc(OCCC)cc2O1. The molecule has 0 spiro atoms. The van der Waals surface area contributed by atoms with Crippen LogP contribution in [-0.2, 0) is 0 Å². The van der Waals surface area contributed by atoms with Gasteiger partial charge >= 0.3 is 0 Å². The predicted molar refractivity (Wildman–Crippen MR) is 61.0 cm³/mol. The molecule has 0 aliphatic carbocycles. The second kappa shape index (κ2) is 4.22. The Balaban J connectivity index is 2.22. The quantitative estimate of drug-likeness (QED) is 0.748. The zero-order valence-electron chi connectivity index (χ0n) is 8.82. The van der Waals surface area contributed by atoms with E-state index < -0.39 is 0 Å². The van der Waals surface area contributed by atoms with Gasteiger partial charge in [0.25, 0.3) is 0 Å². The maximum atomic E-state index is 5.52. The Bertz CT molecular complexity index is 405. The van der Waals surface area contributed by atoms with Crippen molar-refractivity contribution in [1.82, 2.24) is 0 Å². The topological polar surface area (TPSA) is 18.5 Å². The average Bonchev–Trinajstić information content (AvgIpc) is 2.25.